The first-order chi connectivity index (χ1) is 4.70. The fourth-order valence-electron chi connectivity index (χ4n) is 0.580. The Bertz CT molecular complexity index is 174. The molecule has 0 saturated carbocycles. The molecule has 1 heterocycles. The highest BCUT2D eigenvalue weighted by molar-refractivity contribution is 5.01. The van der Waals surface area contributed by atoms with Gasteiger partial charge in [-0.25, -0.2) is 0 Å². The lowest BCUT2D eigenvalue weighted by atomic mass is 10.4. The highest BCUT2D eigenvalue weighted by Crippen LogP contribution is 1.98. The van der Waals surface area contributed by atoms with Crippen LogP contribution < -0.4 is 0 Å². The van der Waals surface area contributed by atoms with Crippen LogP contribution in [0.15, 0.2) is 6.20 Å². The molecule has 10 heavy (non-hydrogen) atoms. The first kappa shape index (κ1) is 9.14. The van der Waals surface area contributed by atoms with E-state index in [1.165, 1.54) is 4.68 Å². The number of halogens is 1. The minimum Gasteiger partial charge on any atom is -0.273 e. The maximum Gasteiger partial charge on any atom is 0.235 e. The summed E-state index contributed by atoms with van der Waals surface area (Å²) in [5.74, 6) is -0.382. The van der Waals surface area contributed by atoms with Crippen molar-refractivity contribution < 1.29 is 4.39 Å². The SMILES string of the molecule is CC.Cc1cn(C)nc1F. The molecule has 1 aromatic rings. The van der Waals surface area contributed by atoms with Crippen LogP contribution in [-0.4, -0.2) is 9.78 Å². The lowest BCUT2D eigenvalue weighted by Crippen LogP contribution is -1.86. The summed E-state index contributed by atoms with van der Waals surface area (Å²) in [5.41, 5.74) is 0.590. The molecule has 0 N–H and O–H groups in total. The van der Waals surface area contributed by atoms with E-state index in [2.05, 4.69) is 5.10 Å². The van der Waals surface area contributed by atoms with Crippen LogP contribution in [0.2, 0.25) is 0 Å². The van der Waals surface area contributed by atoms with Gasteiger partial charge in [-0.05, 0) is 6.92 Å². The molecule has 0 bridgehead atoms. The van der Waals surface area contributed by atoms with E-state index in [1.54, 1.807) is 20.2 Å². The molecule has 0 spiro atoms. The molecule has 58 valence electrons. The fourth-order valence-corrected chi connectivity index (χ4v) is 0.580. The Morgan fingerprint density at radius 3 is 2.10 bits per heavy atom. The van der Waals surface area contributed by atoms with Crippen molar-refractivity contribution in [1.29, 1.82) is 0 Å². The molecular weight excluding hydrogens is 131 g/mol. The second-order valence-corrected chi connectivity index (χ2v) is 1.78. The zero-order valence-corrected chi connectivity index (χ0v) is 6.85. The summed E-state index contributed by atoms with van der Waals surface area (Å²) in [7, 11) is 1.69. The largest absolute Gasteiger partial charge is 0.273 e. The third-order valence-electron chi connectivity index (χ3n) is 0.951. The number of hydrogen-bond acceptors (Lipinski definition) is 1. The number of nitrogens with zero attached hydrogens (tertiary/aromatic N) is 2. The Hall–Kier alpha value is -0.860. The van der Waals surface area contributed by atoms with Crippen LogP contribution in [-0.2, 0) is 7.05 Å². The molecule has 0 unspecified atom stereocenters. The van der Waals surface area contributed by atoms with E-state index in [1.807, 2.05) is 13.8 Å². The van der Waals surface area contributed by atoms with Gasteiger partial charge in [-0.15, -0.1) is 5.10 Å². The fraction of sp³-hybridized carbons (Fsp3) is 0.571. The van der Waals surface area contributed by atoms with Crippen molar-refractivity contribution in [1.82, 2.24) is 9.78 Å². The lowest BCUT2D eigenvalue weighted by molar-refractivity contribution is 0.548. The van der Waals surface area contributed by atoms with E-state index in [9.17, 15) is 4.39 Å². The number of hydrogen-bond donors (Lipinski definition) is 0. The van der Waals surface area contributed by atoms with Crippen molar-refractivity contribution in [2.24, 2.45) is 7.05 Å². The molecule has 2 nitrogen and oxygen atoms in total. The Kier molecular flexibility index (Phi) is 3.69. The van der Waals surface area contributed by atoms with Gasteiger partial charge in [0.2, 0.25) is 5.95 Å². The maximum atomic E-state index is 12.2. The molecule has 0 aliphatic heterocycles. The molecule has 0 aliphatic rings. The van der Waals surface area contributed by atoms with Gasteiger partial charge < -0.3 is 0 Å². The summed E-state index contributed by atoms with van der Waals surface area (Å²) in [6.45, 7) is 5.68. The monoisotopic (exact) mass is 144 g/mol. The second-order valence-electron chi connectivity index (χ2n) is 1.78. The van der Waals surface area contributed by atoms with E-state index < -0.39 is 0 Å². The first-order valence-corrected chi connectivity index (χ1v) is 3.36. The predicted molar refractivity (Wildman–Crippen MR) is 39.3 cm³/mol. The Labute approximate surface area is 60.7 Å². The normalized spacial score (nSPS) is 8.50. The summed E-state index contributed by atoms with van der Waals surface area (Å²) in [6, 6.07) is 0. The number of aryl methyl sites for hydroxylation is 2. The molecule has 0 radical (unpaired) electrons. The van der Waals surface area contributed by atoms with Crippen molar-refractivity contribution in [3.05, 3.63) is 17.7 Å². The second kappa shape index (κ2) is 4.04. The highest BCUT2D eigenvalue weighted by atomic mass is 19.1. The van der Waals surface area contributed by atoms with Gasteiger partial charge in [-0.3, -0.25) is 4.68 Å². The maximum absolute atomic E-state index is 12.2. The number of aromatic nitrogens is 2. The molecule has 1 rings (SSSR count). The Balaban J connectivity index is 0.000000371. The smallest absolute Gasteiger partial charge is 0.235 e. The molecule has 0 saturated heterocycles. The molecule has 0 aromatic carbocycles. The van der Waals surface area contributed by atoms with Gasteiger partial charge in [-0.1, -0.05) is 13.8 Å². The minimum atomic E-state index is -0.382. The van der Waals surface area contributed by atoms with Gasteiger partial charge in [-0.2, -0.15) is 4.39 Å². The molecule has 3 heteroatoms. The molecule has 0 atom stereocenters. The van der Waals surface area contributed by atoms with E-state index in [-0.39, 0.29) is 5.95 Å². The standard InChI is InChI=1S/C5H7FN2.C2H6/c1-4-3-8(2)7-5(4)6;1-2/h3H,1-2H3;1-2H3. The van der Waals surface area contributed by atoms with Crippen molar-refractivity contribution >= 4 is 0 Å². The molecular formula is C7H13FN2. The highest BCUT2D eigenvalue weighted by Gasteiger charge is 1.97. The topological polar surface area (TPSA) is 17.8 Å². The molecule has 0 fully saturated rings. The van der Waals surface area contributed by atoms with Crippen LogP contribution in [0.25, 0.3) is 0 Å². The van der Waals surface area contributed by atoms with Gasteiger partial charge in [0.25, 0.3) is 0 Å². The van der Waals surface area contributed by atoms with Crippen molar-refractivity contribution in [2.75, 3.05) is 0 Å². The summed E-state index contributed by atoms with van der Waals surface area (Å²) >= 11 is 0. The summed E-state index contributed by atoms with van der Waals surface area (Å²) in [6.07, 6.45) is 1.63. The van der Waals surface area contributed by atoms with Crippen LogP contribution in [0.4, 0.5) is 4.39 Å². The summed E-state index contributed by atoms with van der Waals surface area (Å²) in [4.78, 5) is 0. The Morgan fingerprint density at radius 1 is 1.50 bits per heavy atom. The van der Waals surface area contributed by atoms with Crippen molar-refractivity contribution in [3.8, 4) is 0 Å². The van der Waals surface area contributed by atoms with Crippen LogP contribution in [0, 0.1) is 12.9 Å². The van der Waals surface area contributed by atoms with Gasteiger partial charge in [0.05, 0.1) is 0 Å². The van der Waals surface area contributed by atoms with Crippen molar-refractivity contribution in [3.63, 3.8) is 0 Å². The van der Waals surface area contributed by atoms with E-state index in [0.29, 0.717) is 5.56 Å². The molecule has 0 amide bonds. The number of rotatable bonds is 0. The summed E-state index contributed by atoms with van der Waals surface area (Å²) in [5, 5.41) is 3.46. The summed E-state index contributed by atoms with van der Waals surface area (Å²) < 4.78 is 13.7. The van der Waals surface area contributed by atoms with Crippen LogP contribution >= 0.6 is 0 Å². The zero-order chi connectivity index (χ0) is 8.15. The van der Waals surface area contributed by atoms with E-state index in [0.717, 1.165) is 0 Å². The average molecular weight is 144 g/mol. The minimum absolute atomic E-state index is 0.382. The third-order valence-corrected chi connectivity index (χ3v) is 0.951. The quantitative estimate of drug-likeness (QED) is 0.543. The predicted octanol–water partition coefficient (Wildman–Crippen LogP) is 1.89. The van der Waals surface area contributed by atoms with E-state index in [4.69, 9.17) is 0 Å². The lowest BCUT2D eigenvalue weighted by Gasteiger charge is -1.78. The van der Waals surface area contributed by atoms with Crippen LogP contribution in [0.1, 0.15) is 19.4 Å². The van der Waals surface area contributed by atoms with Crippen LogP contribution in [0.5, 0.6) is 0 Å². The molecule has 0 aliphatic carbocycles. The van der Waals surface area contributed by atoms with Gasteiger partial charge in [0.15, 0.2) is 0 Å². The van der Waals surface area contributed by atoms with E-state index >= 15 is 0 Å². The van der Waals surface area contributed by atoms with Crippen molar-refractivity contribution in [2.45, 2.75) is 20.8 Å². The van der Waals surface area contributed by atoms with Gasteiger partial charge in [0, 0.05) is 18.8 Å². The van der Waals surface area contributed by atoms with Gasteiger partial charge >= 0.3 is 0 Å². The third kappa shape index (κ3) is 2.17. The zero-order valence-electron chi connectivity index (χ0n) is 6.85. The van der Waals surface area contributed by atoms with Gasteiger partial charge in [0.1, 0.15) is 0 Å². The first-order valence-electron chi connectivity index (χ1n) is 3.36. The Morgan fingerprint density at radius 2 is 2.00 bits per heavy atom. The molecule has 1 aromatic heterocycles. The van der Waals surface area contributed by atoms with Crippen LogP contribution in [0.3, 0.4) is 0 Å². The average Bonchev–Trinajstić information content (AvgIpc) is 2.16.